The molecule has 2 aliphatic rings. The summed E-state index contributed by atoms with van der Waals surface area (Å²) in [7, 11) is 2.24. The molecule has 2 heterocycles. The fraction of sp³-hybridized carbons (Fsp3) is 1.00. The molecule has 0 N–H and O–H groups in total. The Morgan fingerprint density at radius 1 is 1.23 bits per heavy atom. The van der Waals surface area contributed by atoms with Crippen LogP contribution in [0.15, 0.2) is 0 Å². The van der Waals surface area contributed by atoms with Gasteiger partial charge in [-0.3, -0.25) is 0 Å². The average molecular weight is 203 g/mol. The van der Waals surface area contributed by atoms with E-state index < -0.39 is 0 Å². The summed E-state index contributed by atoms with van der Waals surface area (Å²) in [5, 5.41) is 0. The van der Waals surface area contributed by atoms with Gasteiger partial charge in [0.25, 0.3) is 0 Å². The van der Waals surface area contributed by atoms with Crippen molar-refractivity contribution in [3.8, 4) is 0 Å². The van der Waals surface area contributed by atoms with Crippen LogP contribution < -0.4 is 0 Å². The Bertz CT molecular complexity index is 186. The van der Waals surface area contributed by atoms with Crippen LogP contribution in [-0.2, 0) is 0 Å². The number of halogens is 1. The molecule has 2 saturated heterocycles. The number of hydrogen-bond donors (Lipinski definition) is 0. The Morgan fingerprint density at radius 2 is 2.00 bits per heavy atom. The summed E-state index contributed by atoms with van der Waals surface area (Å²) in [4.78, 5) is 4.98. The largest absolute Gasteiger partial charge is 0.306 e. The zero-order valence-corrected chi connectivity index (χ0v) is 9.19. The fourth-order valence-corrected chi connectivity index (χ4v) is 3.07. The van der Waals surface area contributed by atoms with E-state index in [-0.39, 0.29) is 0 Å². The van der Waals surface area contributed by atoms with E-state index >= 15 is 0 Å². The first-order chi connectivity index (χ1) is 6.24. The first kappa shape index (κ1) is 9.75. The average Bonchev–Trinajstić information content (AvgIpc) is 2.62. The van der Waals surface area contributed by atoms with Crippen LogP contribution in [0.3, 0.4) is 0 Å². The smallest absolute Gasteiger partial charge is 0.0351 e. The molecule has 2 aliphatic heterocycles. The third kappa shape index (κ3) is 2.00. The highest BCUT2D eigenvalue weighted by molar-refractivity contribution is 6.18. The maximum Gasteiger partial charge on any atom is 0.0351 e. The Balaban J connectivity index is 1.89. The van der Waals surface area contributed by atoms with Gasteiger partial charge in [-0.05, 0) is 38.4 Å². The van der Waals surface area contributed by atoms with Gasteiger partial charge in [0.2, 0.25) is 0 Å². The van der Waals surface area contributed by atoms with Crippen molar-refractivity contribution in [2.45, 2.75) is 12.8 Å². The summed E-state index contributed by atoms with van der Waals surface area (Å²) in [5.74, 6) is 0.784. The third-order valence-corrected chi connectivity index (χ3v) is 3.72. The predicted octanol–water partition coefficient (Wildman–Crippen LogP) is 1.25. The molecule has 2 nitrogen and oxygen atoms in total. The molecule has 1 unspecified atom stereocenters. The maximum absolute atomic E-state index is 5.75. The normalized spacial score (nSPS) is 36.5. The molecule has 2 rings (SSSR count). The highest BCUT2D eigenvalue weighted by Crippen LogP contribution is 2.38. The maximum atomic E-state index is 5.75. The van der Waals surface area contributed by atoms with E-state index in [1.807, 2.05) is 0 Å². The number of nitrogens with zero attached hydrogens (tertiary/aromatic N) is 2. The van der Waals surface area contributed by atoms with E-state index in [1.54, 1.807) is 0 Å². The molecule has 0 aliphatic carbocycles. The van der Waals surface area contributed by atoms with Crippen molar-refractivity contribution in [2.75, 3.05) is 45.7 Å². The van der Waals surface area contributed by atoms with Gasteiger partial charge in [-0.2, -0.15) is 0 Å². The van der Waals surface area contributed by atoms with Crippen LogP contribution in [0.1, 0.15) is 12.8 Å². The van der Waals surface area contributed by atoms with E-state index in [1.165, 1.54) is 39.0 Å². The number of rotatable bonds is 2. The van der Waals surface area contributed by atoms with Crippen LogP contribution in [0.4, 0.5) is 0 Å². The van der Waals surface area contributed by atoms with Gasteiger partial charge >= 0.3 is 0 Å². The molecule has 0 saturated carbocycles. The highest BCUT2D eigenvalue weighted by atomic mass is 35.5. The molecule has 13 heavy (non-hydrogen) atoms. The topological polar surface area (TPSA) is 6.48 Å². The summed E-state index contributed by atoms with van der Waals surface area (Å²) >= 11 is 5.75. The minimum absolute atomic E-state index is 0.626. The standard InChI is InChI=1S/C10H19ClN2/c1-12-5-2-10(8-12)3-6-13(9-10)7-4-11/h2-9H2,1H3. The van der Waals surface area contributed by atoms with Gasteiger partial charge in [0.05, 0.1) is 0 Å². The molecule has 1 atom stereocenters. The van der Waals surface area contributed by atoms with Gasteiger partial charge < -0.3 is 9.80 Å². The SMILES string of the molecule is CN1CCC2(CCN(CCCl)C2)C1. The van der Waals surface area contributed by atoms with Crippen molar-refractivity contribution in [3.05, 3.63) is 0 Å². The Hall–Kier alpha value is 0.210. The zero-order valence-electron chi connectivity index (χ0n) is 8.43. The minimum atomic E-state index is 0.626. The van der Waals surface area contributed by atoms with Crippen LogP contribution in [0, 0.1) is 5.41 Å². The molecule has 0 aromatic heterocycles. The first-order valence-electron chi connectivity index (χ1n) is 5.21. The molecule has 2 fully saturated rings. The van der Waals surface area contributed by atoms with Crippen molar-refractivity contribution in [2.24, 2.45) is 5.41 Å². The molecule has 76 valence electrons. The molecule has 0 bridgehead atoms. The van der Waals surface area contributed by atoms with E-state index in [4.69, 9.17) is 11.6 Å². The zero-order chi connectivity index (χ0) is 9.31. The Morgan fingerprint density at radius 3 is 2.62 bits per heavy atom. The Labute approximate surface area is 85.8 Å². The van der Waals surface area contributed by atoms with Gasteiger partial charge in [-0.15, -0.1) is 11.6 Å². The molecule has 0 aromatic carbocycles. The summed E-state index contributed by atoms with van der Waals surface area (Å²) in [5.41, 5.74) is 0.626. The van der Waals surface area contributed by atoms with Crippen LogP contribution >= 0.6 is 11.6 Å². The molecule has 0 aromatic rings. The Kier molecular flexibility index (Phi) is 2.82. The second-order valence-corrected chi connectivity index (χ2v) is 5.08. The lowest BCUT2D eigenvalue weighted by atomic mass is 9.86. The molecule has 1 spiro atoms. The van der Waals surface area contributed by atoms with E-state index in [0.29, 0.717) is 5.41 Å². The third-order valence-electron chi connectivity index (χ3n) is 3.55. The summed E-state index contributed by atoms with van der Waals surface area (Å²) in [6, 6.07) is 0. The predicted molar refractivity (Wildman–Crippen MR) is 56.3 cm³/mol. The van der Waals surface area contributed by atoms with Crippen molar-refractivity contribution in [1.29, 1.82) is 0 Å². The molecule has 3 heteroatoms. The van der Waals surface area contributed by atoms with Gasteiger partial charge in [0.1, 0.15) is 0 Å². The van der Waals surface area contributed by atoms with Crippen molar-refractivity contribution >= 4 is 11.6 Å². The van der Waals surface area contributed by atoms with Crippen molar-refractivity contribution < 1.29 is 0 Å². The van der Waals surface area contributed by atoms with E-state index in [0.717, 1.165) is 12.4 Å². The van der Waals surface area contributed by atoms with Crippen LogP contribution in [0.2, 0.25) is 0 Å². The number of hydrogen-bond acceptors (Lipinski definition) is 2. The van der Waals surface area contributed by atoms with Crippen LogP contribution in [0.5, 0.6) is 0 Å². The molecular weight excluding hydrogens is 184 g/mol. The number of alkyl halides is 1. The second kappa shape index (κ2) is 3.76. The highest BCUT2D eigenvalue weighted by Gasteiger charge is 2.41. The van der Waals surface area contributed by atoms with Gasteiger partial charge in [-0.25, -0.2) is 0 Å². The molecular formula is C10H19ClN2. The lowest BCUT2D eigenvalue weighted by Crippen LogP contribution is -2.30. The second-order valence-electron chi connectivity index (χ2n) is 4.70. The molecule has 0 radical (unpaired) electrons. The van der Waals surface area contributed by atoms with Crippen LogP contribution in [-0.4, -0.2) is 55.5 Å². The summed E-state index contributed by atoms with van der Waals surface area (Å²) in [6.07, 6.45) is 2.77. The van der Waals surface area contributed by atoms with E-state index in [2.05, 4.69) is 16.8 Å². The van der Waals surface area contributed by atoms with Crippen LogP contribution in [0.25, 0.3) is 0 Å². The molecule has 0 amide bonds. The quantitative estimate of drug-likeness (QED) is 0.622. The lowest BCUT2D eigenvalue weighted by molar-refractivity contribution is 0.262. The lowest BCUT2D eigenvalue weighted by Gasteiger charge is -2.23. The fourth-order valence-electron chi connectivity index (χ4n) is 2.83. The minimum Gasteiger partial charge on any atom is -0.306 e. The monoisotopic (exact) mass is 202 g/mol. The van der Waals surface area contributed by atoms with Gasteiger partial charge in [-0.1, -0.05) is 0 Å². The number of likely N-dealkylation sites (tertiary alicyclic amines) is 2. The van der Waals surface area contributed by atoms with Crippen molar-refractivity contribution in [1.82, 2.24) is 9.80 Å². The first-order valence-corrected chi connectivity index (χ1v) is 5.74. The van der Waals surface area contributed by atoms with E-state index in [9.17, 15) is 0 Å². The van der Waals surface area contributed by atoms with Gasteiger partial charge in [0.15, 0.2) is 0 Å². The van der Waals surface area contributed by atoms with Gasteiger partial charge in [0, 0.05) is 25.5 Å². The summed E-state index contributed by atoms with van der Waals surface area (Å²) in [6.45, 7) is 6.21. The summed E-state index contributed by atoms with van der Waals surface area (Å²) < 4.78 is 0. The van der Waals surface area contributed by atoms with Crippen molar-refractivity contribution in [3.63, 3.8) is 0 Å².